The summed E-state index contributed by atoms with van der Waals surface area (Å²) in [6.45, 7) is 2.38. The normalized spacial score (nSPS) is 10.5. The predicted octanol–water partition coefficient (Wildman–Crippen LogP) is 3.49. The van der Waals surface area contributed by atoms with Gasteiger partial charge in [0.1, 0.15) is 12.4 Å². The maximum absolute atomic E-state index is 10.5. The number of rotatable bonds is 12. The first-order valence-corrected chi connectivity index (χ1v) is 8.70. The highest BCUT2D eigenvalue weighted by atomic mass is 32.2. The lowest BCUT2D eigenvalue weighted by atomic mass is 10.2. The molecule has 0 aliphatic rings. The van der Waals surface area contributed by atoms with Gasteiger partial charge >= 0.3 is 0 Å². The van der Waals surface area contributed by atoms with Crippen LogP contribution in [0.4, 0.5) is 5.69 Å². The zero-order chi connectivity index (χ0) is 15.3. The van der Waals surface area contributed by atoms with Gasteiger partial charge in [0.15, 0.2) is 0 Å². The van der Waals surface area contributed by atoms with Gasteiger partial charge in [0.05, 0.1) is 4.92 Å². The Morgan fingerprint density at radius 1 is 1.14 bits per heavy atom. The van der Waals surface area contributed by atoms with Crippen LogP contribution in [0.5, 0.6) is 5.75 Å². The molecule has 0 heterocycles. The Labute approximate surface area is 130 Å². The highest BCUT2D eigenvalue weighted by Crippen LogP contribution is 2.16. The molecular formula is C15H24N2O3S. The molecule has 0 radical (unpaired) electrons. The lowest BCUT2D eigenvalue weighted by Crippen LogP contribution is -2.22. The van der Waals surface area contributed by atoms with Crippen molar-refractivity contribution >= 4 is 17.4 Å². The maximum Gasteiger partial charge on any atom is 0.269 e. The van der Waals surface area contributed by atoms with Gasteiger partial charge in [-0.25, -0.2) is 0 Å². The zero-order valence-electron chi connectivity index (χ0n) is 12.5. The smallest absolute Gasteiger partial charge is 0.269 e. The van der Waals surface area contributed by atoms with Gasteiger partial charge in [0.2, 0.25) is 0 Å². The molecule has 1 aromatic carbocycles. The van der Waals surface area contributed by atoms with Crippen molar-refractivity contribution in [3.8, 4) is 5.75 Å². The quantitative estimate of drug-likeness (QED) is 0.363. The van der Waals surface area contributed by atoms with Crippen molar-refractivity contribution in [2.75, 3.05) is 31.7 Å². The average Bonchev–Trinajstić information content (AvgIpc) is 2.49. The third-order valence-electron chi connectivity index (χ3n) is 3.05. The highest BCUT2D eigenvalue weighted by molar-refractivity contribution is 7.98. The van der Waals surface area contributed by atoms with Crippen LogP contribution in [0.3, 0.4) is 0 Å². The van der Waals surface area contributed by atoms with E-state index in [-0.39, 0.29) is 5.69 Å². The number of nitro groups is 1. The van der Waals surface area contributed by atoms with E-state index in [1.165, 1.54) is 43.6 Å². The van der Waals surface area contributed by atoms with E-state index in [0.29, 0.717) is 12.4 Å². The van der Waals surface area contributed by atoms with E-state index in [1.54, 1.807) is 12.1 Å². The molecule has 0 saturated carbocycles. The van der Waals surface area contributed by atoms with E-state index < -0.39 is 4.92 Å². The fraction of sp³-hybridized carbons (Fsp3) is 0.600. The van der Waals surface area contributed by atoms with Gasteiger partial charge in [0.25, 0.3) is 5.69 Å². The number of nitrogens with zero attached hydrogens (tertiary/aromatic N) is 1. The van der Waals surface area contributed by atoms with Crippen molar-refractivity contribution in [2.45, 2.75) is 25.7 Å². The van der Waals surface area contributed by atoms with Crippen LogP contribution in [0.15, 0.2) is 24.3 Å². The number of non-ortho nitro benzene ring substituents is 1. The van der Waals surface area contributed by atoms with Crippen LogP contribution in [0.2, 0.25) is 0 Å². The Hall–Kier alpha value is -1.27. The first-order valence-electron chi connectivity index (χ1n) is 7.31. The summed E-state index contributed by atoms with van der Waals surface area (Å²) < 4.78 is 5.51. The first-order chi connectivity index (χ1) is 10.2. The van der Waals surface area contributed by atoms with E-state index in [0.717, 1.165) is 13.1 Å². The summed E-state index contributed by atoms with van der Waals surface area (Å²) in [6.07, 6.45) is 7.24. The molecule has 0 aliphatic heterocycles. The largest absolute Gasteiger partial charge is 0.492 e. The first kappa shape index (κ1) is 17.8. The van der Waals surface area contributed by atoms with Gasteiger partial charge in [-0.15, -0.1) is 0 Å². The van der Waals surface area contributed by atoms with E-state index in [2.05, 4.69) is 11.6 Å². The molecule has 0 amide bonds. The number of ether oxygens (including phenoxy) is 1. The van der Waals surface area contributed by atoms with E-state index in [4.69, 9.17) is 4.74 Å². The summed E-state index contributed by atoms with van der Waals surface area (Å²) in [7, 11) is 0. The second-order valence-corrected chi connectivity index (χ2v) is 5.74. The Morgan fingerprint density at radius 2 is 1.86 bits per heavy atom. The lowest BCUT2D eigenvalue weighted by molar-refractivity contribution is -0.384. The molecule has 0 spiro atoms. The van der Waals surface area contributed by atoms with Crippen LogP contribution < -0.4 is 10.1 Å². The van der Waals surface area contributed by atoms with Crippen LogP contribution in [0.25, 0.3) is 0 Å². The topological polar surface area (TPSA) is 64.4 Å². The third kappa shape index (κ3) is 8.57. The van der Waals surface area contributed by atoms with Crippen LogP contribution in [0, 0.1) is 10.1 Å². The summed E-state index contributed by atoms with van der Waals surface area (Å²) >= 11 is 1.91. The second kappa shape index (κ2) is 11.4. The van der Waals surface area contributed by atoms with E-state index >= 15 is 0 Å². The van der Waals surface area contributed by atoms with Gasteiger partial charge in [-0.1, -0.05) is 12.8 Å². The SMILES string of the molecule is CSCCCCCCNCCOc1ccc([N+](=O)[O-])cc1. The average molecular weight is 312 g/mol. The molecule has 1 rings (SSSR count). The molecule has 1 N–H and O–H groups in total. The number of hydrogen-bond acceptors (Lipinski definition) is 5. The highest BCUT2D eigenvalue weighted by Gasteiger charge is 2.03. The summed E-state index contributed by atoms with van der Waals surface area (Å²) in [5, 5.41) is 13.8. The molecule has 0 saturated heterocycles. The van der Waals surface area contributed by atoms with Gasteiger partial charge < -0.3 is 10.1 Å². The van der Waals surface area contributed by atoms with Gasteiger partial charge in [-0.3, -0.25) is 10.1 Å². The predicted molar refractivity (Wildman–Crippen MR) is 88.3 cm³/mol. The molecular weight excluding hydrogens is 288 g/mol. The van der Waals surface area contributed by atoms with Crippen molar-refractivity contribution < 1.29 is 9.66 Å². The van der Waals surface area contributed by atoms with Crippen molar-refractivity contribution in [3.05, 3.63) is 34.4 Å². The minimum atomic E-state index is -0.412. The van der Waals surface area contributed by atoms with Crippen molar-refractivity contribution in [1.29, 1.82) is 0 Å². The molecule has 0 atom stereocenters. The fourth-order valence-electron chi connectivity index (χ4n) is 1.88. The summed E-state index contributed by atoms with van der Waals surface area (Å²) in [5.74, 6) is 1.93. The molecule has 0 aromatic heterocycles. The molecule has 21 heavy (non-hydrogen) atoms. The second-order valence-electron chi connectivity index (χ2n) is 4.76. The van der Waals surface area contributed by atoms with Gasteiger partial charge in [-0.05, 0) is 43.5 Å². The number of nitrogens with one attached hydrogen (secondary N) is 1. The van der Waals surface area contributed by atoms with Crippen LogP contribution in [-0.2, 0) is 0 Å². The van der Waals surface area contributed by atoms with E-state index in [1.807, 2.05) is 11.8 Å². The number of nitro benzene ring substituents is 1. The molecule has 0 bridgehead atoms. The van der Waals surface area contributed by atoms with E-state index in [9.17, 15) is 10.1 Å². The molecule has 5 nitrogen and oxygen atoms in total. The summed E-state index contributed by atoms with van der Waals surface area (Å²) in [5.41, 5.74) is 0.0851. The Balaban J connectivity index is 1.98. The Morgan fingerprint density at radius 3 is 2.52 bits per heavy atom. The molecule has 6 heteroatoms. The Bertz CT molecular complexity index is 398. The van der Waals surface area contributed by atoms with Crippen LogP contribution in [0.1, 0.15) is 25.7 Å². The molecule has 0 fully saturated rings. The molecule has 0 aliphatic carbocycles. The monoisotopic (exact) mass is 312 g/mol. The third-order valence-corrected chi connectivity index (χ3v) is 3.74. The number of benzene rings is 1. The fourth-order valence-corrected chi connectivity index (χ4v) is 2.37. The van der Waals surface area contributed by atoms with Crippen molar-refractivity contribution in [1.82, 2.24) is 5.32 Å². The van der Waals surface area contributed by atoms with Gasteiger partial charge in [-0.2, -0.15) is 11.8 Å². The standard InChI is InChI=1S/C15H24N2O3S/c1-21-13-5-3-2-4-10-16-11-12-20-15-8-6-14(7-9-15)17(18)19/h6-9,16H,2-5,10-13H2,1H3. The van der Waals surface area contributed by atoms with Crippen molar-refractivity contribution in [3.63, 3.8) is 0 Å². The summed E-state index contributed by atoms with van der Waals surface area (Å²) in [4.78, 5) is 10.1. The van der Waals surface area contributed by atoms with Gasteiger partial charge in [0, 0.05) is 18.7 Å². The zero-order valence-corrected chi connectivity index (χ0v) is 13.4. The molecule has 0 unspecified atom stereocenters. The molecule has 1 aromatic rings. The summed E-state index contributed by atoms with van der Waals surface area (Å²) in [6, 6.07) is 6.17. The van der Waals surface area contributed by atoms with Crippen LogP contribution in [-0.4, -0.2) is 36.6 Å². The molecule has 118 valence electrons. The van der Waals surface area contributed by atoms with Crippen LogP contribution >= 0.6 is 11.8 Å². The Kier molecular flexibility index (Phi) is 9.65. The number of thioether (sulfide) groups is 1. The number of hydrogen-bond donors (Lipinski definition) is 1. The number of unbranched alkanes of at least 4 members (excludes halogenated alkanes) is 3. The minimum absolute atomic E-state index is 0.0851. The minimum Gasteiger partial charge on any atom is -0.492 e. The van der Waals surface area contributed by atoms with Crippen molar-refractivity contribution in [2.24, 2.45) is 0 Å². The lowest BCUT2D eigenvalue weighted by Gasteiger charge is -2.07. The maximum atomic E-state index is 10.5.